The second-order valence-electron chi connectivity index (χ2n) is 5.65. The predicted molar refractivity (Wildman–Crippen MR) is 90.4 cm³/mol. The van der Waals surface area contributed by atoms with Gasteiger partial charge in [-0.3, -0.25) is 4.79 Å². The van der Waals surface area contributed by atoms with Crippen LogP contribution < -0.4 is 9.64 Å². The highest BCUT2D eigenvalue weighted by Crippen LogP contribution is 2.32. The van der Waals surface area contributed by atoms with Crippen LogP contribution in [-0.4, -0.2) is 44.1 Å². The fourth-order valence-corrected chi connectivity index (χ4v) is 3.63. The second kappa shape index (κ2) is 6.95. The van der Waals surface area contributed by atoms with Gasteiger partial charge in [-0.25, -0.2) is 0 Å². The Balaban J connectivity index is 1.67. The molecule has 0 N–H and O–H groups in total. The van der Waals surface area contributed by atoms with E-state index < -0.39 is 11.7 Å². The Morgan fingerprint density at radius 2 is 1.88 bits per heavy atom. The van der Waals surface area contributed by atoms with Crippen LogP contribution in [0.5, 0.6) is 5.75 Å². The third-order valence-corrected chi connectivity index (χ3v) is 5.03. The van der Waals surface area contributed by atoms with Gasteiger partial charge in [0.15, 0.2) is 0 Å². The lowest BCUT2D eigenvalue weighted by atomic mass is 10.1. The molecule has 1 aliphatic heterocycles. The quantitative estimate of drug-likeness (QED) is 0.825. The van der Waals surface area contributed by atoms with Crippen molar-refractivity contribution in [3.63, 3.8) is 0 Å². The molecule has 0 atom stereocenters. The van der Waals surface area contributed by atoms with Gasteiger partial charge in [-0.05, 0) is 29.6 Å². The predicted octanol–water partition coefficient (Wildman–Crippen LogP) is 3.74. The molecule has 0 bridgehead atoms. The molecular weight excluding hydrogens is 353 g/mol. The standard InChI is InChI=1S/C17H17F3N2O2S/c1-24-14-5-10-25-15(14)16(23)22-8-6-21(7-9-22)13-4-2-3-12(11-13)17(18,19)20/h2-5,10-11H,6-9H2,1H3. The molecule has 0 unspecified atom stereocenters. The molecule has 1 aliphatic rings. The van der Waals surface area contributed by atoms with Gasteiger partial charge >= 0.3 is 6.18 Å². The van der Waals surface area contributed by atoms with E-state index in [2.05, 4.69) is 0 Å². The number of halogens is 3. The van der Waals surface area contributed by atoms with E-state index in [9.17, 15) is 18.0 Å². The van der Waals surface area contributed by atoms with Gasteiger partial charge in [-0.1, -0.05) is 6.07 Å². The van der Waals surface area contributed by atoms with Crippen molar-refractivity contribution < 1.29 is 22.7 Å². The van der Waals surface area contributed by atoms with Crippen LogP contribution in [0.3, 0.4) is 0 Å². The molecule has 0 aliphatic carbocycles. The van der Waals surface area contributed by atoms with Crippen LogP contribution in [0.2, 0.25) is 0 Å². The minimum absolute atomic E-state index is 0.101. The lowest BCUT2D eigenvalue weighted by Crippen LogP contribution is -2.48. The first kappa shape index (κ1) is 17.6. The molecule has 8 heteroatoms. The van der Waals surface area contributed by atoms with E-state index >= 15 is 0 Å². The van der Waals surface area contributed by atoms with Crippen molar-refractivity contribution in [1.82, 2.24) is 4.90 Å². The number of nitrogens with zero attached hydrogens (tertiary/aromatic N) is 2. The van der Waals surface area contributed by atoms with Crippen LogP contribution in [0.15, 0.2) is 35.7 Å². The number of alkyl halides is 3. The molecule has 0 saturated carbocycles. The Bertz CT molecular complexity index is 752. The number of carbonyl (C=O) groups is 1. The zero-order valence-corrected chi connectivity index (χ0v) is 14.4. The molecule has 3 rings (SSSR count). The van der Waals surface area contributed by atoms with Gasteiger partial charge in [0.05, 0.1) is 12.7 Å². The van der Waals surface area contributed by atoms with Gasteiger partial charge in [-0.15, -0.1) is 11.3 Å². The van der Waals surface area contributed by atoms with Gasteiger partial charge in [0.2, 0.25) is 0 Å². The van der Waals surface area contributed by atoms with Crippen molar-refractivity contribution in [2.75, 3.05) is 38.2 Å². The molecule has 2 heterocycles. The number of rotatable bonds is 3. The summed E-state index contributed by atoms with van der Waals surface area (Å²) in [5, 5.41) is 1.80. The smallest absolute Gasteiger partial charge is 0.416 e. The van der Waals surface area contributed by atoms with Gasteiger partial charge in [0.25, 0.3) is 5.91 Å². The summed E-state index contributed by atoms with van der Waals surface area (Å²) in [5.41, 5.74) is -0.137. The van der Waals surface area contributed by atoms with Gasteiger partial charge < -0.3 is 14.5 Å². The largest absolute Gasteiger partial charge is 0.495 e. The number of thiophene rings is 1. The molecular formula is C17H17F3N2O2S. The number of ether oxygens (including phenoxy) is 1. The maximum absolute atomic E-state index is 12.8. The third-order valence-electron chi connectivity index (χ3n) is 4.15. The number of carbonyl (C=O) groups excluding carboxylic acids is 1. The van der Waals surface area contributed by atoms with Crippen molar-refractivity contribution >= 4 is 22.9 Å². The lowest BCUT2D eigenvalue weighted by molar-refractivity contribution is -0.137. The fraction of sp³-hybridized carbons (Fsp3) is 0.353. The highest BCUT2D eigenvalue weighted by Gasteiger charge is 2.31. The summed E-state index contributed by atoms with van der Waals surface area (Å²) in [5.74, 6) is 0.450. The number of amides is 1. The van der Waals surface area contributed by atoms with Gasteiger partial charge in [0, 0.05) is 31.9 Å². The number of piperazine rings is 1. The molecule has 1 saturated heterocycles. The topological polar surface area (TPSA) is 32.8 Å². The lowest BCUT2D eigenvalue weighted by Gasteiger charge is -2.36. The number of methoxy groups -OCH3 is 1. The summed E-state index contributed by atoms with van der Waals surface area (Å²) in [6.07, 6.45) is -4.36. The zero-order valence-electron chi connectivity index (χ0n) is 13.5. The van der Waals surface area contributed by atoms with Crippen LogP contribution in [-0.2, 0) is 6.18 Å². The molecule has 4 nitrogen and oxygen atoms in total. The van der Waals surface area contributed by atoms with Crippen molar-refractivity contribution in [2.24, 2.45) is 0 Å². The minimum Gasteiger partial charge on any atom is -0.495 e. The average molecular weight is 370 g/mol. The zero-order chi connectivity index (χ0) is 18.0. The Hall–Kier alpha value is -2.22. The first-order chi connectivity index (χ1) is 11.9. The molecule has 1 aromatic carbocycles. The Labute approximate surface area is 147 Å². The Morgan fingerprint density at radius 1 is 1.16 bits per heavy atom. The van der Waals surface area contributed by atoms with E-state index in [1.54, 1.807) is 22.4 Å². The summed E-state index contributed by atoms with van der Waals surface area (Å²) >= 11 is 1.32. The molecule has 0 radical (unpaired) electrons. The van der Waals surface area contributed by atoms with Crippen LogP contribution in [0.4, 0.5) is 18.9 Å². The van der Waals surface area contributed by atoms with Crippen molar-refractivity contribution in [2.45, 2.75) is 6.18 Å². The summed E-state index contributed by atoms with van der Waals surface area (Å²) in [6.45, 7) is 1.88. The van der Waals surface area contributed by atoms with Gasteiger partial charge in [0.1, 0.15) is 10.6 Å². The van der Waals surface area contributed by atoms with E-state index in [4.69, 9.17) is 4.74 Å². The number of anilines is 1. The average Bonchev–Trinajstić information content (AvgIpc) is 3.09. The third kappa shape index (κ3) is 3.73. The molecule has 1 fully saturated rings. The minimum atomic E-state index is -4.36. The van der Waals surface area contributed by atoms with E-state index in [1.165, 1.54) is 24.5 Å². The maximum atomic E-state index is 12.8. The van der Waals surface area contributed by atoms with E-state index in [-0.39, 0.29) is 5.91 Å². The highest BCUT2D eigenvalue weighted by molar-refractivity contribution is 7.12. The second-order valence-corrected chi connectivity index (χ2v) is 6.56. The summed E-state index contributed by atoms with van der Waals surface area (Å²) in [4.78, 5) is 16.7. The maximum Gasteiger partial charge on any atom is 0.416 e. The molecule has 134 valence electrons. The first-order valence-electron chi connectivity index (χ1n) is 7.73. The normalized spacial score (nSPS) is 15.4. The van der Waals surface area contributed by atoms with Crippen LogP contribution in [0, 0.1) is 0 Å². The van der Waals surface area contributed by atoms with Crippen LogP contribution in [0.25, 0.3) is 0 Å². The molecule has 2 aromatic rings. The van der Waals surface area contributed by atoms with Crippen molar-refractivity contribution in [3.8, 4) is 5.75 Å². The van der Waals surface area contributed by atoms with E-state index in [1.807, 2.05) is 4.90 Å². The van der Waals surface area contributed by atoms with E-state index in [0.717, 1.165) is 12.1 Å². The van der Waals surface area contributed by atoms with Crippen molar-refractivity contribution in [1.29, 1.82) is 0 Å². The summed E-state index contributed by atoms with van der Waals surface area (Å²) in [6, 6.07) is 7.03. The number of benzene rings is 1. The van der Waals surface area contributed by atoms with Gasteiger partial charge in [-0.2, -0.15) is 13.2 Å². The monoisotopic (exact) mass is 370 g/mol. The van der Waals surface area contributed by atoms with Crippen molar-refractivity contribution in [3.05, 3.63) is 46.2 Å². The summed E-state index contributed by atoms with van der Waals surface area (Å²) < 4.78 is 43.7. The first-order valence-corrected chi connectivity index (χ1v) is 8.61. The Kier molecular flexibility index (Phi) is 4.89. The molecule has 0 spiro atoms. The molecule has 1 aromatic heterocycles. The van der Waals surface area contributed by atoms with Crippen LogP contribution >= 0.6 is 11.3 Å². The number of hydrogen-bond donors (Lipinski definition) is 0. The molecule has 1 amide bonds. The number of hydrogen-bond acceptors (Lipinski definition) is 4. The Morgan fingerprint density at radius 3 is 2.52 bits per heavy atom. The highest BCUT2D eigenvalue weighted by atomic mass is 32.1. The fourth-order valence-electron chi connectivity index (χ4n) is 2.80. The SMILES string of the molecule is COc1ccsc1C(=O)N1CCN(c2cccc(C(F)(F)F)c2)CC1. The van der Waals surface area contributed by atoms with E-state index in [0.29, 0.717) is 42.5 Å². The van der Waals surface area contributed by atoms with Crippen LogP contribution in [0.1, 0.15) is 15.2 Å². The summed E-state index contributed by atoms with van der Waals surface area (Å²) in [7, 11) is 1.52. The molecule has 25 heavy (non-hydrogen) atoms.